The van der Waals surface area contributed by atoms with E-state index in [1.165, 1.54) is 0 Å². The van der Waals surface area contributed by atoms with Crippen LogP contribution in [0.2, 0.25) is 0 Å². The lowest BCUT2D eigenvalue weighted by Crippen LogP contribution is -2.43. The zero-order valence-electron chi connectivity index (χ0n) is 9.95. The third-order valence-corrected chi connectivity index (χ3v) is 2.85. The van der Waals surface area contributed by atoms with E-state index in [0.717, 1.165) is 5.56 Å². The van der Waals surface area contributed by atoms with Gasteiger partial charge in [0.15, 0.2) is 0 Å². The molecule has 2 heteroatoms. The molecule has 0 aliphatic carbocycles. The summed E-state index contributed by atoms with van der Waals surface area (Å²) in [4.78, 5) is 0. The molecule has 1 aromatic carbocycles. The Bertz CT molecular complexity index is 300. The normalized spacial score (nSPS) is 16.1. The van der Waals surface area contributed by atoms with Crippen molar-refractivity contribution < 1.29 is 9.84 Å². The van der Waals surface area contributed by atoms with Crippen molar-refractivity contribution in [3.8, 4) is 0 Å². The maximum Gasteiger partial charge on any atom is 0.118 e. The summed E-state index contributed by atoms with van der Waals surface area (Å²) in [7, 11) is 1.61. The van der Waals surface area contributed by atoms with Crippen molar-refractivity contribution in [3.05, 3.63) is 35.9 Å². The number of hydrogen-bond acceptors (Lipinski definition) is 2. The van der Waals surface area contributed by atoms with Crippen LogP contribution >= 0.6 is 0 Å². The molecule has 0 bridgehead atoms. The van der Waals surface area contributed by atoms with Crippen LogP contribution in [0.3, 0.4) is 0 Å². The summed E-state index contributed by atoms with van der Waals surface area (Å²) in [6, 6.07) is 9.68. The third kappa shape index (κ3) is 2.39. The van der Waals surface area contributed by atoms with Gasteiger partial charge >= 0.3 is 0 Å². The van der Waals surface area contributed by atoms with E-state index in [9.17, 15) is 5.11 Å². The summed E-state index contributed by atoms with van der Waals surface area (Å²) < 4.78 is 5.14. The fourth-order valence-electron chi connectivity index (χ4n) is 1.66. The highest BCUT2D eigenvalue weighted by atomic mass is 16.5. The molecule has 2 nitrogen and oxygen atoms in total. The molecule has 1 rings (SSSR count). The molecule has 1 unspecified atom stereocenters. The predicted molar refractivity (Wildman–Crippen MR) is 61.7 cm³/mol. The lowest BCUT2D eigenvalue weighted by atomic mass is 9.72. The molecule has 0 aliphatic heterocycles. The summed E-state index contributed by atoms with van der Waals surface area (Å²) in [5.41, 5.74) is -0.299. The third-order valence-electron chi connectivity index (χ3n) is 2.85. The molecule has 1 atom stereocenters. The van der Waals surface area contributed by atoms with Crippen molar-refractivity contribution in [2.45, 2.75) is 26.4 Å². The van der Waals surface area contributed by atoms with Crippen molar-refractivity contribution in [2.75, 3.05) is 13.7 Å². The highest BCUT2D eigenvalue weighted by Gasteiger charge is 2.41. The average Bonchev–Trinajstić information content (AvgIpc) is 2.18. The van der Waals surface area contributed by atoms with E-state index in [4.69, 9.17) is 4.74 Å². The molecule has 0 heterocycles. The van der Waals surface area contributed by atoms with Crippen molar-refractivity contribution in [1.82, 2.24) is 0 Å². The smallest absolute Gasteiger partial charge is 0.118 e. The van der Waals surface area contributed by atoms with Crippen LogP contribution in [0.5, 0.6) is 0 Å². The van der Waals surface area contributed by atoms with Gasteiger partial charge in [0.1, 0.15) is 5.60 Å². The lowest BCUT2D eigenvalue weighted by Gasteiger charge is -2.40. The second-order valence-electron chi connectivity index (χ2n) is 4.91. The largest absolute Gasteiger partial charge is 0.382 e. The van der Waals surface area contributed by atoms with Crippen LogP contribution in [0.15, 0.2) is 30.3 Å². The molecule has 0 saturated heterocycles. The van der Waals surface area contributed by atoms with Gasteiger partial charge in [-0.3, -0.25) is 0 Å². The second kappa shape index (κ2) is 4.33. The molecule has 0 fully saturated rings. The van der Waals surface area contributed by atoms with Crippen LogP contribution in [-0.2, 0) is 10.3 Å². The molecule has 0 spiro atoms. The Morgan fingerprint density at radius 3 is 2.07 bits per heavy atom. The highest BCUT2D eigenvalue weighted by molar-refractivity contribution is 5.24. The summed E-state index contributed by atoms with van der Waals surface area (Å²) in [5.74, 6) is 0. The van der Waals surface area contributed by atoms with E-state index in [0.29, 0.717) is 6.61 Å². The van der Waals surface area contributed by atoms with Gasteiger partial charge in [0.25, 0.3) is 0 Å². The van der Waals surface area contributed by atoms with Crippen molar-refractivity contribution in [1.29, 1.82) is 0 Å². The quantitative estimate of drug-likeness (QED) is 0.827. The number of methoxy groups -OCH3 is 1. The first-order valence-electron chi connectivity index (χ1n) is 5.18. The van der Waals surface area contributed by atoms with E-state index in [-0.39, 0.29) is 5.41 Å². The van der Waals surface area contributed by atoms with Gasteiger partial charge in [0.05, 0.1) is 6.61 Å². The van der Waals surface area contributed by atoms with E-state index < -0.39 is 5.60 Å². The Balaban J connectivity index is 3.13. The minimum absolute atomic E-state index is 0.260. The Kier molecular flexibility index (Phi) is 3.53. The second-order valence-corrected chi connectivity index (χ2v) is 4.91. The van der Waals surface area contributed by atoms with E-state index in [1.807, 2.05) is 51.1 Å². The maximum absolute atomic E-state index is 10.7. The van der Waals surface area contributed by atoms with Crippen molar-refractivity contribution in [2.24, 2.45) is 5.41 Å². The van der Waals surface area contributed by atoms with E-state index >= 15 is 0 Å². The first kappa shape index (κ1) is 12.2. The molecule has 0 amide bonds. The number of rotatable bonds is 3. The minimum Gasteiger partial charge on any atom is -0.382 e. The molecular formula is C13H20O2. The zero-order valence-corrected chi connectivity index (χ0v) is 9.95. The summed E-state index contributed by atoms with van der Waals surface area (Å²) in [6.45, 7) is 6.34. The summed E-state index contributed by atoms with van der Waals surface area (Å²) in [5, 5.41) is 10.7. The molecule has 1 N–H and O–H groups in total. The van der Waals surface area contributed by atoms with Gasteiger partial charge in [-0.15, -0.1) is 0 Å². The van der Waals surface area contributed by atoms with Gasteiger partial charge in [-0.25, -0.2) is 0 Å². The predicted octanol–water partition coefficient (Wildman–Crippen LogP) is 2.57. The Labute approximate surface area is 91.9 Å². The Hall–Kier alpha value is -0.860. The monoisotopic (exact) mass is 208 g/mol. The Morgan fingerprint density at radius 1 is 1.13 bits per heavy atom. The van der Waals surface area contributed by atoms with Crippen LogP contribution in [0.1, 0.15) is 26.3 Å². The molecule has 1 aromatic rings. The van der Waals surface area contributed by atoms with Gasteiger partial charge in [-0.05, 0) is 11.0 Å². The maximum atomic E-state index is 10.7. The fourth-order valence-corrected chi connectivity index (χ4v) is 1.66. The molecule has 15 heavy (non-hydrogen) atoms. The van der Waals surface area contributed by atoms with Gasteiger partial charge < -0.3 is 9.84 Å². The van der Waals surface area contributed by atoms with Crippen LogP contribution in [0.25, 0.3) is 0 Å². The molecule has 0 radical (unpaired) electrons. The first-order valence-corrected chi connectivity index (χ1v) is 5.18. The van der Waals surface area contributed by atoms with Crippen LogP contribution in [-0.4, -0.2) is 18.8 Å². The van der Waals surface area contributed by atoms with E-state index in [1.54, 1.807) is 7.11 Å². The Morgan fingerprint density at radius 2 is 1.67 bits per heavy atom. The summed E-state index contributed by atoms with van der Waals surface area (Å²) >= 11 is 0. The van der Waals surface area contributed by atoms with E-state index in [2.05, 4.69) is 0 Å². The highest BCUT2D eigenvalue weighted by Crippen LogP contribution is 2.39. The van der Waals surface area contributed by atoms with Crippen molar-refractivity contribution in [3.63, 3.8) is 0 Å². The van der Waals surface area contributed by atoms with Crippen LogP contribution in [0, 0.1) is 5.41 Å². The molecule has 0 aromatic heterocycles. The number of ether oxygens (including phenoxy) is 1. The van der Waals surface area contributed by atoms with Crippen LogP contribution < -0.4 is 0 Å². The standard InChI is InChI=1S/C13H20O2/c1-12(2,3)13(14,10-15-4)11-8-6-5-7-9-11/h5-9,14H,10H2,1-4H3. The molecule has 0 saturated carbocycles. The SMILES string of the molecule is COCC(O)(c1ccccc1)C(C)(C)C. The van der Waals surface area contributed by atoms with Crippen molar-refractivity contribution >= 4 is 0 Å². The zero-order chi connectivity index (χ0) is 11.5. The summed E-state index contributed by atoms with van der Waals surface area (Å²) in [6.07, 6.45) is 0. The van der Waals surface area contributed by atoms with Gasteiger partial charge in [-0.1, -0.05) is 51.1 Å². The van der Waals surface area contributed by atoms with Crippen LogP contribution in [0.4, 0.5) is 0 Å². The number of hydrogen-bond donors (Lipinski definition) is 1. The molecule has 84 valence electrons. The minimum atomic E-state index is -0.941. The van der Waals surface area contributed by atoms with Gasteiger partial charge in [0.2, 0.25) is 0 Å². The average molecular weight is 208 g/mol. The fraction of sp³-hybridized carbons (Fsp3) is 0.538. The number of benzene rings is 1. The van der Waals surface area contributed by atoms with Gasteiger partial charge in [0, 0.05) is 7.11 Å². The first-order chi connectivity index (χ1) is 6.92. The molecular weight excluding hydrogens is 188 g/mol. The number of aliphatic hydroxyl groups is 1. The molecule has 0 aliphatic rings. The lowest BCUT2D eigenvalue weighted by molar-refractivity contribution is -0.111. The topological polar surface area (TPSA) is 29.5 Å². The van der Waals surface area contributed by atoms with Gasteiger partial charge in [-0.2, -0.15) is 0 Å².